The number of amides is 1. The van der Waals surface area contributed by atoms with Gasteiger partial charge in [0.25, 0.3) is 11.5 Å². The first-order chi connectivity index (χ1) is 15.2. The summed E-state index contributed by atoms with van der Waals surface area (Å²) in [6.07, 6.45) is 1.38. The number of aromatic amines is 1. The summed E-state index contributed by atoms with van der Waals surface area (Å²) in [5, 5.41) is 2.88. The molecular formula is C24H27N3O5. The van der Waals surface area contributed by atoms with Gasteiger partial charge in [0.2, 0.25) is 0 Å². The van der Waals surface area contributed by atoms with Crippen LogP contribution in [0.25, 0.3) is 5.69 Å². The Morgan fingerprint density at radius 3 is 2.47 bits per heavy atom. The van der Waals surface area contributed by atoms with Gasteiger partial charge in [-0.15, -0.1) is 0 Å². The molecule has 0 bridgehead atoms. The van der Waals surface area contributed by atoms with Crippen LogP contribution in [0.3, 0.4) is 0 Å². The highest BCUT2D eigenvalue weighted by atomic mass is 16.5. The van der Waals surface area contributed by atoms with Gasteiger partial charge in [-0.2, -0.15) is 0 Å². The van der Waals surface area contributed by atoms with Crippen LogP contribution in [0.2, 0.25) is 0 Å². The zero-order valence-corrected chi connectivity index (χ0v) is 18.8. The van der Waals surface area contributed by atoms with Crippen molar-refractivity contribution in [2.75, 3.05) is 19.0 Å². The molecule has 2 N–H and O–H groups in total. The maximum atomic E-state index is 13.4. The van der Waals surface area contributed by atoms with Gasteiger partial charge in [-0.25, -0.2) is 4.79 Å². The number of hydrogen-bond acceptors (Lipinski definition) is 5. The van der Waals surface area contributed by atoms with Crippen LogP contribution in [0.15, 0.2) is 58.3 Å². The normalized spacial score (nSPS) is 11.2. The van der Waals surface area contributed by atoms with Gasteiger partial charge in [0.05, 0.1) is 30.7 Å². The van der Waals surface area contributed by atoms with Gasteiger partial charge in [0, 0.05) is 17.8 Å². The van der Waals surface area contributed by atoms with Crippen molar-refractivity contribution >= 4 is 11.6 Å². The van der Waals surface area contributed by atoms with E-state index in [0.29, 0.717) is 29.5 Å². The van der Waals surface area contributed by atoms with Gasteiger partial charge in [-0.05, 0) is 36.6 Å². The van der Waals surface area contributed by atoms with Crippen molar-refractivity contribution in [1.29, 1.82) is 0 Å². The highest BCUT2D eigenvalue weighted by Crippen LogP contribution is 2.37. The molecule has 8 nitrogen and oxygen atoms in total. The predicted octanol–water partition coefficient (Wildman–Crippen LogP) is 3.48. The summed E-state index contributed by atoms with van der Waals surface area (Å²) in [4.78, 5) is 39.5. The van der Waals surface area contributed by atoms with E-state index in [1.165, 1.54) is 23.9 Å². The van der Waals surface area contributed by atoms with E-state index in [9.17, 15) is 14.4 Å². The molecule has 0 aliphatic heterocycles. The molecule has 1 heterocycles. The van der Waals surface area contributed by atoms with Crippen LogP contribution in [0, 0.1) is 0 Å². The van der Waals surface area contributed by atoms with Crippen molar-refractivity contribution in [3.8, 4) is 17.2 Å². The molecule has 2 aromatic carbocycles. The topological polar surface area (TPSA) is 102 Å². The van der Waals surface area contributed by atoms with Crippen molar-refractivity contribution in [2.45, 2.75) is 33.1 Å². The van der Waals surface area contributed by atoms with Crippen molar-refractivity contribution in [3.05, 3.63) is 80.6 Å². The average Bonchev–Trinajstić information content (AvgIpc) is 2.73. The zero-order chi connectivity index (χ0) is 23.5. The molecule has 3 aromatic rings. The summed E-state index contributed by atoms with van der Waals surface area (Å²) in [5.74, 6) is 0.537. The number of aromatic nitrogens is 2. The Morgan fingerprint density at radius 1 is 1.12 bits per heavy atom. The second-order valence-corrected chi connectivity index (χ2v) is 8.19. The monoisotopic (exact) mass is 437 g/mol. The molecule has 0 unspecified atom stereocenters. The lowest BCUT2D eigenvalue weighted by atomic mass is 9.84. The molecule has 0 saturated carbocycles. The number of anilines is 1. The molecule has 1 amide bonds. The van der Waals surface area contributed by atoms with Crippen molar-refractivity contribution in [3.63, 3.8) is 0 Å². The average molecular weight is 437 g/mol. The first-order valence-electron chi connectivity index (χ1n) is 10.2. The third kappa shape index (κ3) is 4.74. The van der Waals surface area contributed by atoms with Crippen molar-refractivity contribution in [1.82, 2.24) is 9.55 Å². The zero-order valence-electron chi connectivity index (χ0n) is 18.8. The van der Waals surface area contributed by atoms with Crippen molar-refractivity contribution in [2.24, 2.45) is 0 Å². The number of H-pyrrole nitrogens is 1. The Labute approximate surface area is 185 Å². The maximum Gasteiger partial charge on any atom is 0.332 e. The number of nitrogens with zero attached hydrogens (tertiary/aromatic N) is 1. The predicted molar refractivity (Wildman–Crippen MR) is 123 cm³/mol. The minimum atomic E-state index is -0.601. The Hall–Kier alpha value is -3.81. The van der Waals surface area contributed by atoms with Gasteiger partial charge in [-0.3, -0.25) is 19.1 Å². The summed E-state index contributed by atoms with van der Waals surface area (Å²) >= 11 is 0. The Balaban J connectivity index is 2.18. The van der Waals surface area contributed by atoms with Gasteiger partial charge >= 0.3 is 5.69 Å². The number of ether oxygens (including phenoxy) is 2. The molecule has 0 atom stereocenters. The first-order valence-corrected chi connectivity index (χ1v) is 10.2. The number of rotatable bonds is 6. The molecule has 168 valence electrons. The SMILES string of the molecule is CCOc1ccccc1NC(=O)c1cc(-n2ccc(=O)[nH]c2=O)cc(C(C)(C)C)c1OC. The van der Waals surface area contributed by atoms with Crippen LogP contribution in [0.1, 0.15) is 43.6 Å². The van der Waals surface area contributed by atoms with E-state index in [4.69, 9.17) is 9.47 Å². The fourth-order valence-corrected chi connectivity index (χ4v) is 3.36. The lowest BCUT2D eigenvalue weighted by Gasteiger charge is -2.25. The summed E-state index contributed by atoms with van der Waals surface area (Å²) in [5.41, 5.74) is 0.436. The Morgan fingerprint density at radius 2 is 1.84 bits per heavy atom. The highest BCUT2D eigenvalue weighted by Gasteiger charge is 2.26. The van der Waals surface area contributed by atoms with Gasteiger partial charge in [0.15, 0.2) is 0 Å². The minimum absolute atomic E-state index is 0.249. The smallest absolute Gasteiger partial charge is 0.332 e. The van der Waals surface area contributed by atoms with Crippen LogP contribution in [0.5, 0.6) is 11.5 Å². The number of para-hydroxylation sites is 2. The molecular weight excluding hydrogens is 410 g/mol. The van der Waals surface area contributed by atoms with E-state index in [0.717, 1.165) is 5.56 Å². The standard InChI is InChI=1S/C24H27N3O5/c1-6-32-19-10-8-7-9-18(19)25-22(29)16-13-15(27-12-11-20(28)26-23(27)30)14-17(21(16)31-5)24(2,3)4/h7-14H,6H2,1-5H3,(H,25,29)(H,26,28,30). The molecule has 1 aromatic heterocycles. The van der Waals surface area contributed by atoms with E-state index >= 15 is 0 Å². The van der Waals surface area contributed by atoms with Crippen LogP contribution in [0.4, 0.5) is 5.69 Å². The fraction of sp³-hybridized carbons (Fsp3) is 0.292. The molecule has 0 aliphatic rings. The van der Waals surface area contributed by atoms with E-state index in [1.54, 1.807) is 30.3 Å². The lowest BCUT2D eigenvalue weighted by molar-refractivity contribution is 0.102. The number of methoxy groups -OCH3 is 1. The van der Waals surface area contributed by atoms with E-state index in [1.807, 2.05) is 33.8 Å². The highest BCUT2D eigenvalue weighted by molar-refractivity contribution is 6.07. The fourth-order valence-electron chi connectivity index (χ4n) is 3.36. The lowest BCUT2D eigenvalue weighted by Crippen LogP contribution is -2.28. The second kappa shape index (κ2) is 9.13. The Bertz CT molecular complexity index is 1250. The van der Waals surface area contributed by atoms with Crippen LogP contribution in [-0.2, 0) is 5.41 Å². The summed E-state index contributed by atoms with van der Waals surface area (Å²) in [7, 11) is 1.50. The maximum absolute atomic E-state index is 13.4. The van der Waals surface area contributed by atoms with E-state index in [2.05, 4.69) is 10.3 Å². The molecule has 0 fully saturated rings. The van der Waals surface area contributed by atoms with E-state index in [-0.39, 0.29) is 5.56 Å². The molecule has 0 aliphatic carbocycles. The molecule has 32 heavy (non-hydrogen) atoms. The quantitative estimate of drug-likeness (QED) is 0.615. The molecule has 0 spiro atoms. The van der Waals surface area contributed by atoms with Crippen LogP contribution in [-0.4, -0.2) is 29.2 Å². The van der Waals surface area contributed by atoms with Gasteiger partial charge in [-0.1, -0.05) is 32.9 Å². The second-order valence-electron chi connectivity index (χ2n) is 8.19. The third-order valence-electron chi connectivity index (χ3n) is 4.87. The van der Waals surface area contributed by atoms with Crippen LogP contribution < -0.4 is 26.0 Å². The minimum Gasteiger partial charge on any atom is -0.496 e. The van der Waals surface area contributed by atoms with Crippen molar-refractivity contribution < 1.29 is 14.3 Å². The summed E-state index contributed by atoms with van der Waals surface area (Å²) in [6, 6.07) is 11.7. The number of carbonyl (C=O) groups excluding carboxylic acids is 1. The first kappa shape index (κ1) is 22.9. The largest absolute Gasteiger partial charge is 0.496 e. The molecule has 0 saturated heterocycles. The van der Waals surface area contributed by atoms with Gasteiger partial charge in [0.1, 0.15) is 11.5 Å². The van der Waals surface area contributed by atoms with E-state index < -0.39 is 22.6 Å². The molecule has 3 rings (SSSR count). The number of benzene rings is 2. The Kier molecular flexibility index (Phi) is 6.53. The summed E-state index contributed by atoms with van der Waals surface area (Å²) in [6.45, 7) is 8.26. The molecule has 8 heteroatoms. The summed E-state index contributed by atoms with van der Waals surface area (Å²) < 4.78 is 12.5. The van der Waals surface area contributed by atoms with Crippen LogP contribution >= 0.6 is 0 Å². The number of nitrogens with one attached hydrogen (secondary N) is 2. The number of hydrogen-bond donors (Lipinski definition) is 2. The third-order valence-corrected chi connectivity index (χ3v) is 4.87. The molecule has 0 radical (unpaired) electrons. The number of carbonyl (C=O) groups is 1. The van der Waals surface area contributed by atoms with Gasteiger partial charge < -0.3 is 14.8 Å².